The molecule has 2 heterocycles. The van der Waals surface area contributed by atoms with Crippen molar-refractivity contribution in [1.82, 2.24) is 20.3 Å². The Hall–Kier alpha value is -1.51. The standard InChI is InChI=1S/C11H19N5O3/c12-5-9-6-16(15-14-9)7-10(18)13-11(8-17)1-3-19-4-2-11/h6,17H,1-5,7-8,12H2,(H,13,18). The first-order valence-corrected chi connectivity index (χ1v) is 6.26. The molecular weight excluding hydrogens is 250 g/mol. The van der Waals surface area contributed by atoms with Gasteiger partial charge in [-0.1, -0.05) is 5.21 Å². The highest BCUT2D eigenvalue weighted by Gasteiger charge is 2.33. The number of nitrogens with one attached hydrogen (secondary N) is 1. The molecular formula is C11H19N5O3. The molecule has 0 spiro atoms. The number of hydrogen-bond donors (Lipinski definition) is 3. The maximum atomic E-state index is 12.0. The molecule has 8 heteroatoms. The molecule has 0 unspecified atom stereocenters. The van der Waals surface area contributed by atoms with Crippen molar-refractivity contribution in [3.05, 3.63) is 11.9 Å². The molecule has 2 rings (SSSR count). The van der Waals surface area contributed by atoms with E-state index in [-0.39, 0.29) is 19.1 Å². The fourth-order valence-corrected chi connectivity index (χ4v) is 2.08. The van der Waals surface area contributed by atoms with Gasteiger partial charge in [-0.15, -0.1) is 5.10 Å². The normalized spacial score (nSPS) is 18.2. The number of ether oxygens (including phenoxy) is 1. The fraction of sp³-hybridized carbons (Fsp3) is 0.727. The Labute approximate surface area is 110 Å². The van der Waals surface area contributed by atoms with Gasteiger partial charge < -0.3 is 20.9 Å². The van der Waals surface area contributed by atoms with Crippen LogP contribution in [0.1, 0.15) is 18.5 Å². The summed E-state index contributed by atoms with van der Waals surface area (Å²) < 4.78 is 6.67. The highest BCUT2D eigenvalue weighted by molar-refractivity contribution is 5.76. The van der Waals surface area contributed by atoms with E-state index in [0.717, 1.165) is 0 Å². The Morgan fingerprint density at radius 3 is 2.89 bits per heavy atom. The summed E-state index contributed by atoms with van der Waals surface area (Å²) in [5.74, 6) is -0.204. The third kappa shape index (κ3) is 3.49. The van der Waals surface area contributed by atoms with Crippen LogP contribution < -0.4 is 11.1 Å². The molecule has 0 saturated carbocycles. The summed E-state index contributed by atoms with van der Waals surface area (Å²) in [6.07, 6.45) is 2.86. The largest absolute Gasteiger partial charge is 0.394 e. The number of nitrogens with zero attached hydrogens (tertiary/aromatic N) is 3. The van der Waals surface area contributed by atoms with Gasteiger partial charge in [-0.3, -0.25) is 4.79 Å². The van der Waals surface area contributed by atoms with Crippen LogP contribution >= 0.6 is 0 Å². The van der Waals surface area contributed by atoms with E-state index in [1.54, 1.807) is 6.20 Å². The number of hydrogen-bond acceptors (Lipinski definition) is 6. The monoisotopic (exact) mass is 269 g/mol. The smallest absolute Gasteiger partial charge is 0.242 e. The maximum Gasteiger partial charge on any atom is 0.242 e. The van der Waals surface area contributed by atoms with E-state index >= 15 is 0 Å². The zero-order valence-corrected chi connectivity index (χ0v) is 10.7. The molecule has 106 valence electrons. The number of nitrogens with two attached hydrogens (primary N) is 1. The second-order valence-electron chi connectivity index (χ2n) is 4.71. The first kappa shape index (κ1) is 13.9. The van der Waals surface area contributed by atoms with E-state index in [9.17, 15) is 9.90 Å². The minimum Gasteiger partial charge on any atom is -0.394 e. The van der Waals surface area contributed by atoms with Gasteiger partial charge in [0.05, 0.1) is 24.0 Å². The van der Waals surface area contributed by atoms with Crippen LogP contribution in [0, 0.1) is 0 Å². The molecule has 1 fully saturated rings. The summed E-state index contributed by atoms with van der Waals surface area (Å²) in [6, 6.07) is 0. The van der Waals surface area contributed by atoms with Gasteiger partial charge in [0.25, 0.3) is 0 Å². The van der Waals surface area contributed by atoms with E-state index in [2.05, 4.69) is 15.6 Å². The van der Waals surface area contributed by atoms with Crippen molar-refractivity contribution in [2.45, 2.75) is 31.5 Å². The molecule has 1 aromatic rings. The van der Waals surface area contributed by atoms with E-state index in [1.807, 2.05) is 0 Å². The summed E-state index contributed by atoms with van der Waals surface area (Å²) >= 11 is 0. The molecule has 0 aromatic carbocycles. The molecule has 0 bridgehead atoms. The highest BCUT2D eigenvalue weighted by atomic mass is 16.5. The second kappa shape index (κ2) is 6.09. The minimum atomic E-state index is -0.577. The van der Waals surface area contributed by atoms with Crippen molar-refractivity contribution in [2.75, 3.05) is 19.8 Å². The Balaban J connectivity index is 1.92. The lowest BCUT2D eigenvalue weighted by molar-refractivity contribution is -0.126. The van der Waals surface area contributed by atoms with Crippen molar-refractivity contribution < 1.29 is 14.6 Å². The third-order valence-electron chi connectivity index (χ3n) is 3.26. The lowest BCUT2D eigenvalue weighted by Crippen LogP contribution is -2.55. The van der Waals surface area contributed by atoms with Crippen LogP contribution in [0.15, 0.2) is 6.20 Å². The maximum absolute atomic E-state index is 12.0. The Morgan fingerprint density at radius 1 is 1.58 bits per heavy atom. The molecule has 1 aliphatic heterocycles. The number of carbonyl (C=O) groups is 1. The zero-order chi connectivity index (χ0) is 13.7. The summed E-state index contributed by atoms with van der Waals surface area (Å²) in [4.78, 5) is 12.0. The molecule has 4 N–H and O–H groups in total. The van der Waals surface area contributed by atoms with Crippen LogP contribution in [-0.2, 0) is 22.6 Å². The Morgan fingerprint density at radius 2 is 2.32 bits per heavy atom. The van der Waals surface area contributed by atoms with Crippen LogP contribution in [0.2, 0.25) is 0 Å². The van der Waals surface area contributed by atoms with Gasteiger partial charge in [-0.2, -0.15) is 0 Å². The average Bonchev–Trinajstić information content (AvgIpc) is 2.87. The van der Waals surface area contributed by atoms with Gasteiger partial charge in [0.15, 0.2) is 0 Å². The van der Waals surface area contributed by atoms with Gasteiger partial charge in [0, 0.05) is 19.8 Å². The number of aliphatic hydroxyl groups excluding tert-OH is 1. The number of amides is 1. The number of rotatable bonds is 5. The lowest BCUT2D eigenvalue weighted by atomic mass is 9.91. The van der Waals surface area contributed by atoms with Crippen LogP contribution in [-0.4, -0.2) is 51.4 Å². The second-order valence-corrected chi connectivity index (χ2v) is 4.71. The number of carbonyl (C=O) groups excluding carboxylic acids is 1. The summed E-state index contributed by atoms with van der Waals surface area (Å²) in [5.41, 5.74) is 5.48. The first-order valence-electron chi connectivity index (χ1n) is 6.26. The summed E-state index contributed by atoms with van der Waals surface area (Å²) in [5, 5.41) is 20.0. The van der Waals surface area contributed by atoms with E-state index in [0.29, 0.717) is 38.3 Å². The predicted molar refractivity (Wildman–Crippen MR) is 65.9 cm³/mol. The molecule has 1 aliphatic rings. The SMILES string of the molecule is NCc1cn(CC(=O)NC2(CO)CCOCC2)nn1. The fourth-order valence-electron chi connectivity index (χ4n) is 2.08. The van der Waals surface area contributed by atoms with Crippen molar-refractivity contribution in [3.8, 4) is 0 Å². The van der Waals surface area contributed by atoms with Crippen LogP contribution in [0.4, 0.5) is 0 Å². The topological polar surface area (TPSA) is 115 Å². The molecule has 0 radical (unpaired) electrons. The molecule has 0 aliphatic carbocycles. The Kier molecular flexibility index (Phi) is 4.46. The van der Waals surface area contributed by atoms with Crippen molar-refractivity contribution >= 4 is 5.91 Å². The van der Waals surface area contributed by atoms with Crippen LogP contribution in [0.3, 0.4) is 0 Å². The highest BCUT2D eigenvalue weighted by Crippen LogP contribution is 2.19. The summed E-state index contributed by atoms with van der Waals surface area (Å²) in [7, 11) is 0. The third-order valence-corrected chi connectivity index (χ3v) is 3.26. The van der Waals surface area contributed by atoms with Gasteiger partial charge in [-0.25, -0.2) is 4.68 Å². The Bertz CT molecular complexity index is 428. The van der Waals surface area contributed by atoms with Gasteiger partial charge in [0.2, 0.25) is 5.91 Å². The molecule has 19 heavy (non-hydrogen) atoms. The van der Waals surface area contributed by atoms with Crippen molar-refractivity contribution in [2.24, 2.45) is 5.73 Å². The summed E-state index contributed by atoms with van der Waals surface area (Å²) in [6.45, 7) is 1.35. The van der Waals surface area contributed by atoms with E-state index in [4.69, 9.17) is 10.5 Å². The van der Waals surface area contributed by atoms with Crippen molar-refractivity contribution in [3.63, 3.8) is 0 Å². The average molecular weight is 269 g/mol. The van der Waals surface area contributed by atoms with Crippen molar-refractivity contribution in [1.29, 1.82) is 0 Å². The lowest BCUT2D eigenvalue weighted by Gasteiger charge is -2.36. The predicted octanol–water partition coefficient (Wildman–Crippen LogP) is -1.61. The van der Waals surface area contributed by atoms with Gasteiger partial charge in [0.1, 0.15) is 6.54 Å². The minimum absolute atomic E-state index is 0.0651. The molecule has 1 amide bonds. The zero-order valence-electron chi connectivity index (χ0n) is 10.7. The molecule has 8 nitrogen and oxygen atoms in total. The van der Waals surface area contributed by atoms with Crippen LogP contribution in [0.5, 0.6) is 0 Å². The van der Waals surface area contributed by atoms with E-state index in [1.165, 1.54) is 4.68 Å². The molecule has 1 saturated heterocycles. The molecule has 1 aromatic heterocycles. The first-order chi connectivity index (χ1) is 9.17. The quantitative estimate of drug-likeness (QED) is 0.592. The molecule has 0 atom stereocenters. The van der Waals surface area contributed by atoms with Gasteiger partial charge in [-0.05, 0) is 12.8 Å². The van der Waals surface area contributed by atoms with Crippen LogP contribution in [0.25, 0.3) is 0 Å². The van der Waals surface area contributed by atoms with E-state index < -0.39 is 5.54 Å². The van der Waals surface area contributed by atoms with Gasteiger partial charge >= 0.3 is 0 Å². The number of aromatic nitrogens is 3. The number of aliphatic hydroxyl groups is 1.